The van der Waals surface area contributed by atoms with Gasteiger partial charge in [0.05, 0.1) is 7.11 Å². The first kappa shape index (κ1) is 13.4. The number of nitrogens with zero attached hydrogens (tertiary/aromatic N) is 1. The molecule has 1 atom stereocenters. The zero-order chi connectivity index (χ0) is 11.1. The average Bonchev–Trinajstić information content (AvgIpc) is 2.10. The van der Waals surface area contributed by atoms with Crippen LogP contribution in [0.5, 0.6) is 0 Å². The second-order valence-electron chi connectivity index (χ2n) is 4.36. The summed E-state index contributed by atoms with van der Waals surface area (Å²) in [6.45, 7) is 4.41. The summed E-state index contributed by atoms with van der Waals surface area (Å²) in [5.41, 5.74) is 0. The van der Waals surface area contributed by atoms with E-state index in [0.717, 1.165) is 12.8 Å². The molecule has 3 heteroatoms. The summed E-state index contributed by atoms with van der Waals surface area (Å²) in [5.74, 6) is 0.556. The van der Waals surface area contributed by atoms with E-state index >= 15 is 0 Å². The largest absolute Gasteiger partial charge is 0.469 e. The summed E-state index contributed by atoms with van der Waals surface area (Å²) < 4.78 is 4.63. The maximum atomic E-state index is 11.0. The van der Waals surface area contributed by atoms with Crippen LogP contribution in [-0.4, -0.2) is 38.1 Å². The minimum absolute atomic E-state index is 0.111. The highest BCUT2D eigenvalue weighted by atomic mass is 16.5. The minimum Gasteiger partial charge on any atom is -0.469 e. The number of hydrogen-bond donors (Lipinski definition) is 0. The molecule has 0 fully saturated rings. The molecule has 0 N–H and O–H groups in total. The predicted molar refractivity (Wildman–Crippen MR) is 58.2 cm³/mol. The molecular weight excluding hydrogens is 178 g/mol. The standard InChI is InChI=1S/C11H23NO2/c1-9(2)8-10(12(3)4)6-7-11(13)14-5/h9-10H,6-8H2,1-5H3. The van der Waals surface area contributed by atoms with Gasteiger partial charge in [-0.05, 0) is 32.9 Å². The number of esters is 1. The molecule has 84 valence electrons. The van der Waals surface area contributed by atoms with E-state index in [0.29, 0.717) is 18.4 Å². The van der Waals surface area contributed by atoms with Crippen molar-refractivity contribution < 1.29 is 9.53 Å². The van der Waals surface area contributed by atoms with Crippen LogP contribution in [0.3, 0.4) is 0 Å². The fourth-order valence-electron chi connectivity index (χ4n) is 1.52. The molecule has 0 radical (unpaired) electrons. The predicted octanol–water partition coefficient (Wildman–Crippen LogP) is 1.92. The highest BCUT2D eigenvalue weighted by Crippen LogP contribution is 2.14. The highest BCUT2D eigenvalue weighted by Gasteiger charge is 2.14. The van der Waals surface area contributed by atoms with E-state index < -0.39 is 0 Å². The van der Waals surface area contributed by atoms with Gasteiger partial charge in [-0.3, -0.25) is 4.79 Å². The Morgan fingerprint density at radius 2 is 1.93 bits per heavy atom. The Labute approximate surface area is 87.4 Å². The molecule has 0 bridgehead atoms. The van der Waals surface area contributed by atoms with E-state index in [-0.39, 0.29) is 5.97 Å². The Bertz CT molecular complexity index is 167. The number of ether oxygens (including phenoxy) is 1. The molecule has 0 aromatic rings. The van der Waals surface area contributed by atoms with Crippen molar-refractivity contribution in [1.29, 1.82) is 0 Å². The van der Waals surface area contributed by atoms with Crippen LogP contribution in [0.4, 0.5) is 0 Å². The molecule has 0 aliphatic carbocycles. The Balaban J connectivity index is 3.91. The van der Waals surface area contributed by atoms with Gasteiger partial charge in [0.25, 0.3) is 0 Å². The number of carbonyl (C=O) groups excluding carboxylic acids is 1. The van der Waals surface area contributed by atoms with Crippen molar-refractivity contribution in [2.24, 2.45) is 5.92 Å². The van der Waals surface area contributed by atoms with Crippen LogP contribution < -0.4 is 0 Å². The van der Waals surface area contributed by atoms with Crippen molar-refractivity contribution >= 4 is 5.97 Å². The number of hydrogen-bond acceptors (Lipinski definition) is 3. The summed E-state index contributed by atoms with van der Waals surface area (Å²) in [5, 5.41) is 0. The van der Waals surface area contributed by atoms with Crippen molar-refractivity contribution in [2.45, 2.75) is 39.2 Å². The fourth-order valence-corrected chi connectivity index (χ4v) is 1.52. The highest BCUT2D eigenvalue weighted by molar-refractivity contribution is 5.69. The van der Waals surface area contributed by atoms with Crippen LogP contribution in [0, 0.1) is 5.92 Å². The molecule has 0 aliphatic heterocycles. The maximum absolute atomic E-state index is 11.0. The van der Waals surface area contributed by atoms with Crippen LogP contribution in [0.1, 0.15) is 33.1 Å². The van der Waals surface area contributed by atoms with E-state index in [4.69, 9.17) is 0 Å². The van der Waals surface area contributed by atoms with E-state index in [2.05, 4.69) is 37.6 Å². The van der Waals surface area contributed by atoms with Crippen molar-refractivity contribution in [3.8, 4) is 0 Å². The number of methoxy groups -OCH3 is 1. The zero-order valence-corrected chi connectivity index (χ0v) is 10.0. The van der Waals surface area contributed by atoms with Gasteiger partial charge in [0, 0.05) is 12.5 Å². The fraction of sp³-hybridized carbons (Fsp3) is 0.909. The molecule has 14 heavy (non-hydrogen) atoms. The maximum Gasteiger partial charge on any atom is 0.305 e. The lowest BCUT2D eigenvalue weighted by atomic mass is 9.99. The summed E-state index contributed by atoms with van der Waals surface area (Å²) in [7, 11) is 5.56. The topological polar surface area (TPSA) is 29.5 Å². The molecule has 0 aromatic carbocycles. The molecule has 0 saturated heterocycles. The minimum atomic E-state index is -0.111. The van der Waals surface area contributed by atoms with Gasteiger partial charge in [-0.25, -0.2) is 0 Å². The third kappa shape index (κ3) is 5.97. The molecule has 0 saturated carbocycles. The first-order valence-electron chi connectivity index (χ1n) is 5.20. The molecule has 3 nitrogen and oxygen atoms in total. The van der Waals surface area contributed by atoms with Crippen LogP contribution in [0.15, 0.2) is 0 Å². The monoisotopic (exact) mass is 201 g/mol. The van der Waals surface area contributed by atoms with Gasteiger partial charge in [0.1, 0.15) is 0 Å². The SMILES string of the molecule is COC(=O)CCC(CC(C)C)N(C)C. The van der Waals surface area contributed by atoms with Gasteiger partial charge in [-0.15, -0.1) is 0 Å². The van der Waals surface area contributed by atoms with E-state index in [1.54, 1.807) is 0 Å². The number of rotatable bonds is 6. The lowest BCUT2D eigenvalue weighted by molar-refractivity contribution is -0.141. The van der Waals surface area contributed by atoms with Gasteiger partial charge < -0.3 is 9.64 Å². The van der Waals surface area contributed by atoms with Crippen molar-refractivity contribution in [2.75, 3.05) is 21.2 Å². The molecule has 1 unspecified atom stereocenters. The lowest BCUT2D eigenvalue weighted by Gasteiger charge is -2.25. The van der Waals surface area contributed by atoms with Crippen molar-refractivity contribution in [3.63, 3.8) is 0 Å². The second-order valence-corrected chi connectivity index (χ2v) is 4.36. The van der Waals surface area contributed by atoms with E-state index in [9.17, 15) is 4.79 Å². The number of carbonyl (C=O) groups is 1. The zero-order valence-electron chi connectivity index (χ0n) is 10.0. The molecule has 0 amide bonds. The Morgan fingerprint density at radius 3 is 2.29 bits per heavy atom. The summed E-state index contributed by atoms with van der Waals surface area (Å²) in [6, 6.07) is 0.481. The summed E-state index contributed by atoms with van der Waals surface area (Å²) in [4.78, 5) is 13.2. The summed E-state index contributed by atoms with van der Waals surface area (Å²) in [6.07, 6.45) is 2.54. The van der Waals surface area contributed by atoms with E-state index in [1.165, 1.54) is 7.11 Å². The second kappa shape index (κ2) is 6.82. The Hall–Kier alpha value is -0.570. The lowest BCUT2D eigenvalue weighted by Crippen LogP contribution is -2.30. The molecule has 0 spiro atoms. The Kier molecular flexibility index (Phi) is 6.54. The van der Waals surface area contributed by atoms with Gasteiger partial charge >= 0.3 is 5.97 Å². The van der Waals surface area contributed by atoms with Crippen LogP contribution >= 0.6 is 0 Å². The summed E-state index contributed by atoms with van der Waals surface area (Å²) >= 11 is 0. The molecule has 0 heterocycles. The van der Waals surface area contributed by atoms with Crippen molar-refractivity contribution in [3.05, 3.63) is 0 Å². The first-order valence-corrected chi connectivity index (χ1v) is 5.20. The van der Waals surface area contributed by atoms with Gasteiger partial charge in [-0.1, -0.05) is 13.8 Å². The third-order valence-electron chi connectivity index (χ3n) is 2.38. The first-order chi connectivity index (χ1) is 6.47. The molecule has 0 rings (SSSR count). The third-order valence-corrected chi connectivity index (χ3v) is 2.38. The van der Waals surface area contributed by atoms with Gasteiger partial charge in [-0.2, -0.15) is 0 Å². The quantitative estimate of drug-likeness (QED) is 0.615. The smallest absolute Gasteiger partial charge is 0.305 e. The van der Waals surface area contributed by atoms with Crippen LogP contribution in [0.2, 0.25) is 0 Å². The van der Waals surface area contributed by atoms with Crippen LogP contribution in [0.25, 0.3) is 0 Å². The average molecular weight is 201 g/mol. The molecule has 0 aliphatic rings. The normalized spacial score (nSPS) is 13.4. The van der Waals surface area contributed by atoms with Gasteiger partial charge in [0.2, 0.25) is 0 Å². The Morgan fingerprint density at radius 1 is 1.36 bits per heavy atom. The van der Waals surface area contributed by atoms with E-state index in [1.807, 2.05) is 0 Å². The van der Waals surface area contributed by atoms with Gasteiger partial charge in [0.15, 0.2) is 0 Å². The van der Waals surface area contributed by atoms with Crippen molar-refractivity contribution in [1.82, 2.24) is 4.90 Å². The molecule has 0 aromatic heterocycles. The van der Waals surface area contributed by atoms with Crippen LogP contribution in [-0.2, 0) is 9.53 Å². The molecular formula is C11H23NO2.